The number of fused-ring (bicyclic) bond motifs is 1. The smallest absolute Gasteiger partial charge is 0.314 e. The lowest BCUT2D eigenvalue weighted by molar-refractivity contribution is -0.137. The van der Waals surface area contributed by atoms with Crippen LogP contribution in [-0.4, -0.2) is 27.2 Å². The third-order valence-electron chi connectivity index (χ3n) is 2.90. The van der Waals surface area contributed by atoms with Crippen molar-refractivity contribution >= 4 is 17.2 Å². The fourth-order valence-electron chi connectivity index (χ4n) is 1.99. The van der Waals surface area contributed by atoms with E-state index in [2.05, 4.69) is 15.5 Å². The molecule has 0 aliphatic rings. The summed E-state index contributed by atoms with van der Waals surface area (Å²) in [6.07, 6.45) is -3.01. The number of nitrogens with one attached hydrogen (secondary N) is 1. The molecule has 2 aromatic rings. The van der Waals surface area contributed by atoms with Gasteiger partial charge in [0, 0.05) is 18.7 Å². The summed E-state index contributed by atoms with van der Waals surface area (Å²) in [6.45, 7) is 4.66. The molecule has 0 bridgehead atoms. The molecule has 0 amide bonds. The fourth-order valence-corrected chi connectivity index (χ4v) is 2.23. The van der Waals surface area contributed by atoms with Crippen molar-refractivity contribution in [3.8, 4) is 0 Å². The molecule has 1 N–H and O–H groups in total. The van der Waals surface area contributed by atoms with Crippen LogP contribution in [0.4, 0.5) is 13.2 Å². The van der Waals surface area contributed by atoms with E-state index in [1.807, 2.05) is 13.8 Å². The molecule has 0 aliphatic heterocycles. The lowest BCUT2D eigenvalue weighted by Gasteiger charge is -2.12. The van der Waals surface area contributed by atoms with Crippen molar-refractivity contribution in [1.82, 2.24) is 19.9 Å². The van der Waals surface area contributed by atoms with Crippen LogP contribution in [0.1, 0.15) is 25.2 Å². The lowest BCUT2D eigenvalue weighted by Crippen LogP contribution is -2.28. The standard InChI is InChI=1S/C12H14ClF3N4/c1-3-17-7(2)4-10-18-19-11-9(13)5-8(6-20(10)11)12(14,15)16/h5-7,17H,3-4H2,1-2H3. The number of hydrogen-bond acceptors (Lipinski definition) is 3. The number of halogens is 4. The summed E-state index contributed by atoms with van der Waals surface area (Å²) < 4.78 is 39.7. The van der Waals surface area contributed by atoms with E-state index in [-0.39, 0.29) is 16.7 Å². The minimum absolute atomic E-state index is 0.0605. The Morgan fingerprint density at radius 1 is 1.40 bits per heavy atom. The van der Waals surface area contributed by atoms with E-state index in [1.165, 1.54) is 4.40 Å². The highest BCUT2D eigenvalue weighted by Crippen LogP contribution is 2.32. The second-order valence-corrected chi connectivity index (χ2v) is 4.95. The molecular formula is C12H14ClF3N4. The van der Waals surface area contributed by atoms with Crippen LogP contribution < -0.4 is 5.32 Å². The highest BCUT2D eigenvalue weighted by Gasteiger charge is 2.32. The summed E-state index contributed by atoms with van der Waals surface area (Å²) in [4.78, 5) is 0. The molecule has 0 saturated carbocycles. The van der Waals surface area contributed by atoms with Gasteiger partial charge in [0.2, 0.25) is 0 Å². The van der Waals surface area contributed by atoms with Gasteiger partial charge in [-0.05, 0) is 19.5 Å². The molecule has 0 spiro atoms. The predicted octanol–water partition coefficient (Wildman–Crippen LogP) is 2.94. The normalized spacial score (nSPS) is 13.9. The molecule has 2 heterocycles. The molecule has 0 radical (unpaired) electrons. The molecule has 2 rings (SSSR count). The van der Waals surface area contributed by atoms with Crippen molar-refractivity contribution in [3.05, 3.63) is 28.7 Å². The third kappa shape index (κ3) is 3.04. The summed E-state index contributed by atoms with van der Waals surface area (Å²) in [5.74, 6) is 0.446. The molecule has 20 heavy (non-hydrogen) atoms. The number of aromatic nitrogens is 3. The molecule has 110 valence electrons. The Morgan fingerprint density at radius 2 is 2.10 bits per heavy atom. The van der Waals surface area contributed by atoms with Crippen LogP contribution in [0, 0.1) is 0 Å². The summed E-state index contributed by atoms with van der Waals surface area (Å²) in [7, 11) is 0. The molecule has 4 nitrogen and oxygen atoms in total. The molecule has 0 saturated heterocycles. The fraction of sp³-hybridized carbons (Fsp3) is 0.500. The predicted molar refractivity (Wildman–Crippen MR) is 69.8 cm³/mol. The zero-order valence-corrected chi connectivity index (χ0v) is 11.8. The van der Waals surface area contributed by atoms with Crippen molar-refractivity contribution in [1.29, 1.82) is 0 Å². The molecule has 1 atom stereocenters. The molecule has 0 fully saturated rings. The van der Waals surface area contributed by atoms with Gasteiger partial charge in [-0.3, -0.25) is 4.40 Å². The summed E-state index contributed by atoms with van der Waals surface area (Å²) >= 11 is 5.84. The largest absolute Gasteiger partial charge is 0.417 e. The number of rotatable bonds is 4. The van der Waals surface area contributed by atoms with Gasteiger partial charge < -0.3 is 5.32 Å². The van der Waals surface area contributed by atoms with Gasteiger partial charge in [-0.25, -0.2) is 0 Å². The Morgan fingerprint density at radius 3 is 2.70 bits per heavy atom. The van der Waals surface area contributed by atoms with E-state index in [9.17, 15) is 13.2 Å². The Labute approximate surface area is 118 Å². The van der Waals surface area contributed by atoms with Crippen LogP contribution >= 0.6 is 11.6 Å². The van der Waals surface area contributed by atoms with Gasteiger partial charge in [0.1, 0.15) is 5.82 Å². The molecule has 1 unspecified atom stereocenters. The minimum Gasteiger partial charge on any atom is -0.314 e. The third-order valence-corrected chi connectivity index (χ3v) is 3.18. The summed E-state index contributed by atoms with van der Waals surface area (Å²) in [5.41, 5.74) is -0.578. The maximum atomic E-state index is 12.8. The van der Waals surface area contributed by atoms with Gasteiger partial charge in [0.05, 0.1) is 10.6 Å². The van der Waals surface area contributed by atoms with Gasteiger partial charge in [0.15, 0.2) is 5.65 Å². The van der Waals surface area contributed by atoms with Crippen LogP contribution in [0.15, 0.2) is 12.3 Å². The number of hydrogen-bond donors (Lipinski definition) is 1. The zero-order chi connectivity index (χ0) is 14.9. The van der Waals surface area contributed by atoms with Crippen LogP contribution in [0.2, 0.25) is 5.02 Å². The number of pyridine rings is 1. The lowest BCUT2D eigenvalue weighted by atomic mass is 10.2. The van der Waals surface area contributed by atoms with Gasteiger partial charge in [-0.1, -0.05) is 18.5 Å². The van der Waals surface area contributed by atoms with Gasteiger partial charge in [0.25, 0.3) is 0 Å². The maximum Gasteiger partial charge on any atom is 0.417 e. The van der Waals surface area contributed by atoms with E-state index in [4.69, 9.17) is 11.6 Å². The molecule has 0 aromatic carbocycles. The first-order chi connectivity index (χ1) is 9.32. The second kappa shape index (κ2) is 5.57. The first kappa shape index (κ1) is 15.1. The van der Waals surface area contributed by atoms with Crippen molar-refractivity contribution in [2.45, 2.75) is 32.5 Å². The first-order valence-corrected chi connectivity index (χ1v) is 6.54. The van der Waals surface area contributed by atoms with E-state index >= 15 is 0 Å². The Kier molecular flexibility index (Phi) is 4.19. The Hall–Kier alpha value is -1.34. The topological polar surface area (TPSA) is 42.2 Å². The Bertz CT molecular complexity index is 609. The minimum atomic E-state index is -4.45. The molecule has 2 aromatic heterocycles. The van der Waals surface area contributed by atoms with Gasteiger partial charge in [-0.2, -0.15) is 13.2 Å². The van der Waals surface area contributed by atoms with Crippen LogP contribution in [0.25, 0.3) is 5.65 Å². The van der Waals surface area contributed by atoms with Crippen molar-refractivity contribution < 1.29 is 13.2 Å². The van der Waals surface area contributed by atoms with E-state index in [1.54, 1.807) is 0 Å². The average molecular weight is 307 g/mol. The SMILES string of the molecule is CCNC(C)Cc1nnc2c(Cl)cc(C(F)(F)F)cn12. The highest BCUT2D eigenvalue weighted by atomic mass is 35.5. The number of likely N-dealkylation sites (N-methyl/N-ethyl adjacent to an activating group) is 1. The van der Waals surface area contributed by atoms with Crippen LogP contribution in [0.5, 0.6) is 0 Å². The summed E-state index contributed by atoms with van der Waals surface area (Å²) in [5, 5.41) is 10.9. The van der Waals surface area contributed by atoms with Crippen molar-refractivity contribution in [2.24, 2.45) is 0 Å². The van der Waals surface area contributed by atoms with Gasteiger partial charge >= 0.3 is 6.18 Å². The number of alkyl halides is 3. The van der Waals surface area contributed by atoms with Crippen molar-refractivity contribution in [2.75, 3.05) is 6.54 Å². The molecular weight excluding hydrogens is 293 g/mol. The summed E-state index contributed by atoms with van der Waals surface area (Å²) in [6, 6.07) is 0.948. The quantitative estimate of drug-likeness (QED) is 0.944. The average Bonchev–Trinajstić information content (AvgIpc) is 2.72. The zero-order valence-electron chi connectivity index (χ0n) is 11.0. The number of nitrogens with zero attached hydrogens (tertiary/aromatic N) is 3. The Balaban J connectivity index is 2.45. The van der Waals surface area contributed by atoms with E-state index < -0.39 is 11.7 Å². The van der Waals surface area contributed by atoms with Crippen molar-refractivity contribution in [3.63, 3.8) is 0 Å². The molecule has 8 heteroatoms. The monoisotopic (exact) mass is 306 g/mol. The van der Waals surface area contributed by atoms with Gasteiger partial charge in [-0.15, -0.1) is 10.2 Å². The second-order valence-electron chi connectivity index (χ2n) is 4.55. The maximum absolute atomic E-state index is 12.8. The molecule has 0 aliphatic carbocycles. The van der Waals surface area contributed by atoms with E-state index in [0.29, 0.717) is 12.2 Å². The highest BCUT2D eigenvalue weighted by molar-refractivity contribution is 6.33. The first-order valence-electron chi connectivity index (χ1n) is 6.16. The van der Waals surface area contributed by atoms with Crippen LogP contribution in [-0.2, 0) is 12.6 Å². The van der Waals surface area contributed by atoms with E-state index in [0.717, 1.165) is 18.8 Å². The van der Waals surface area contributed by atoms with Crippen LogP contribution in [0.3, 0.4) is 0 Å².